The van der Waals surface area contributed by atoms with Crippen LogP contribution in [0.2, 0.25) is 0 Å². The summed E-state index contributed by atoms with van der Waals surface area (Å²) in [4.78, 5) is 0. The number of hydrogen-bond acceptors (Lipinski definition) is 3. The Kier molecular flexibility index (Phi) is 11.6. The van der Waals surface area contributed by atoms with E-state index in [1.54, 1.807) is 5.57 Å². The van der Waals surface area contributed by atoms with Gasteiger partial charge < -0.3 is 16.4 Å². The zero-order valence-corrected chi connectivity index (χ0v) is 24.6. The van der Waals surface area contributed by atoms with E-state index in [0.29, 0.717) is 47.5 Å². The first-order valence-corrected chi connectivity index (χ1v) is 14.9. The Balaban J connectivity index is 1.87. The molecule has 4 N–H and O–H groups in total. The van der Waals surface area contributed by atoms with Crippen LogP contribution in [0, 0.1) is 35.0 Å². The van der Waals surface area contributed by atoms with E-state index in [1.807, 2.05) is 0 Å². The van der Waals surface area contributed by atoms with Crippen LogP contribution in [0.1, 0.15) is 121 Å². The molecule has 34 heavy (non-hydrogen) atoms. The lowest BCUT2D eigenvalue weighted by Gasteiger charge is -2.34. The average molecular weight is 476 g/mol. The Morgan fingerprint density at radius 1 is 0.971 bits per heavy atom. The maximum atomic E-state index is 6.54. The minimum atomic E-state index is 0.294. The Morgan fingerprint density at radius 3 is 2.12 bits per heavy atom. The average Bonchev–Trinajstić information content (AvgIpc) is 3.30. The molecule has 9 unspecified atom stereocenters. The molecule has 0 saturated carbocycles. The van der Waals surface area contributed by atoms with Gasteiger partial charge in [-0.15, -0.1) is 0 Å². The lowest BCUT2D eigenvalue weighted by molar-refractivity contribution is 0.222. The van der Waals surface area contributed by atoms with E-state index in [1.165, 1.54) is 51.4 Å². The number of nitrogens with two attached hydrogens (primary N) is 1. The lowest BCUT2D eigenvalue weighted by atomic mass is 9.79. The molecule has 1 aliphatic heterocycles. The van der Waals surface area contributed by atoms with Crippen LogP contribution in [-0.4, -0.2) is 30.2 Å². The molecular formula is C31H61N3. The molecule has 0 aromatic rings. The van der Waals surface area contributed by atoms with Crippen LogP contribution in [-0.2, 0) is 0 Å². The normalized spacial score (nSPS) is 30.6. The highest BCUT2D eigenvalue weighted by Gasteiger charge is 2.37. The first-order valence-electron chi connectivity index (χ1n) is 14.9. The Morgan fingerprint density at radius 2 is 1.62 bits per heavy atom. The van der Waals surface area contributed by atoms with Crippen LogP contribution in [0.15, 0.2) is 11.6 Å². The number of nitrogens with one attached hydrogen (secondary N) is 2. The van der Waals surface area contributed by atoms with Crippen molar-refractivity contribution >= 4 is 0 Å². The highest BCUT2D eigenvalue weighted by molar-refractivity contribution is 5.35. The van der Waals surface area contributed by atoms with Gasteiger partial charge >= 0.3 is 0 Å². The molecule has 0 amide bonds. The summed E-state index contributed by atoms with van der Waals surface area (Å²) in [6.07, 6.45) is 12.8. The first-order chi connectivity index (χ1) is 15.9. The van der Waals surface area contributed by atoms with Gasteiger partial charge in [0.05, 0.1) is 0 Å². The van der Waals surface area contributed by atoms with Gasteiger partial charge in [-0.05, 0) is 94.8 Å². The van der Waals surface area contributed by atoms with Gasteiger partial charge in [0.2, 0.25) is 0 Å². The van der Waals surface area contributed by atoms with Crippen LogP contribution in [0.4, 0.5) is 0 Å². The summed E-state index contributed by atoms with van der Waals surface area (Å²) in [5.41, 5.74) is 8.65. The molecule has 9 atom stereocenters. The highest BCUT2D eigenvalue weighted by atomic mass is 15.0. The molecule has 2 aliphatic rings. The SMILES string of the molecule is CCC(CC(C)C(C)CC1C(C)NC(C)C1N)NC(CCC(C)C)C(C)CCCC1=CC1(C)C. The third-order valence-electron chi connectivity index (χ3n) is 9.58. The molecule has 200 valence electrons. The first kappa shape index (κ1) is 29.8. The second kappa shape index (κ2) is 13.2. The Labute approximate surface area is 213 Å². The number of hydrogen-bond donors (Lipinski definition) is 3. The van der Waals surface area contributed by atoms with Crippen molar-refractivity contribution < 1.29 is 0 Å². The topological polar surface area (TPSA) is 50.1 Å². The minimum Gasteiger partial charge on any atom is -0.326 e. The number of rotatable bonds is 16. The van der Waals surface area contributed by atoms with Crippen molar-refractivity contribution in [2.75, 3.05) is 0 Å². The molecule has 1 heterocycles. The van der Waals surface area contributed by atoms with Gasteiger partial charge in [-0.25, -0.2) is 0 Å². The van der Waals surface area contributed by atoms with Crippen molar-refractivity contribution in [3.8, 4) is 0 Å². The van der Waals surface area contributed by atoms with Gasteiger partial charge in [-0.2, -0.15) is 0 Å². The third-order valence-corrected chi connectivity index (χ3v) is 9.58. The predicted octanol–water partition coefficient (Wildman–Crippen LogP) is 7.31. The second-order valence-corrected chi connectivity index (χ2v) is 13.5. The molecule has 2 rings (SSSR count). The van der Waals surface area contributed by atoms with Crippen molar-refractivity contribution in [3.63, 3.8) is 0 Å². The van der Waals surface area contributed by atoms with E-state index >= 15 is 0 Å². The van der Waals surface area contributed by atoms with E-state index < -0.39 is 0 Å². The maximum absolute atomic E-state index is 6.54. The van der Waals surface area contributed by atoms with Crippen LogP contribution in [0.5, 0.6) is 0 Å². The highest BCUT2D eigenvalue weighted by Crippen LogP contribution is 2.46. The molecule has 0 aromatic heterocycles. The van der Waals surface area contributed by atoms with Gasteiger partial charge in [-0.3, -0.25) is 0 Å². The summed E-state index contributed by atoms with van der Waals surface area (Å²) in [5, 5.41) is 7.85. The monoisotopic (exact) mass is 475 g/mol. The van der Waals surface area contributed by atoms with E-state index in [2.05, 4.69) is 85.9 Å². The van der Waals surface area contributed by atoms with Gasteiger partial charge in [0.1, 0.15) is 0 Å². The van der Waals surface area contributed by atoms with Gasteiger partial charge in [0, 0.05) is 35.6 Å². The third kappa shape index (κ3) is 8.93. The molecular weight excluding hydrogens is 414 g/mol. The fourth-order valence-corrected chi connectivity index (χ4v) is 6.37. The van der Waals surface area contributed by atoms with E-state index in [0.717, 1.165) is 17.8 Å². The maximum Gasteiger partial charge on any atom is 0.0235 e. The summed E-state index contributed by atoms with van der Waals surface area (Å²) in [6.45, 7) is 23.8. The van der Waals surface area contributed by atoms with E-state index in [-0.39, 0.29) is 0 Å². The van der Waals surface area contributed by atoms with E-state index in [9.17, 15) is 0 Å². The van der Waals surface area contributed by atoms with Crippen molar-refractivity contribution in [2.24, 2.45) is 40.7 Å². The quantitative estimate of drug-likeness (QED) is 0.205. The molecule has 0 radical (unpaired) electrons. The zero-order valence-electron chi connectivity index (χ0n) is 24.6. The predicted molar refractivity (Wildman–Crippen MR) is 151 cm³/mol. The van der Waals surface area contributed by atoms with Crippen molar-refractivity contribution in [1.29, 1.82) is 0 Å². The summed E-state index contributed by atoms with van der Waals surface area (Å²) in [5.74, 6) is 3.56. The van der Waals surface area contributed by atoms with Gasteiger partial charge in [-0.1, -0.05) is 67.0 Å². The van der Waals surface area contributed by atoms with Crippen LogP contribution >= 0.6 is 0 Å². The fraction of sp³-hybridized carbons (Fsp3) is 0.935. The molecule has 1 saturated heterocycles. The van der Waals surface area contributed by atoms with Crippen molar-refractivity contribution in [3.05, 3.63) is 11.6 Å². The standard InChI is InChI=1S/C31H61N3/c1-11-27(17-22(5)23(6)18-28-24(7)33-25(8)30(28)32)34-29(16-15-20(2)3)21(4)13-12-14-26-19-31(26,9)10/h19-25,27-30,33-34H,11-18,32H2,1-10H3. The Hall–Kier alpha value is -0.380. The molecule has 0 spiro atoms. The van der Waals surface area contributed by atoms with Crippen molar-refractivity contribution in [1.82, 2.24) is 10.6 Å². The summed E-state index contributed by atoms with van der Waals surface area (Å²) in [7, 11) is 0. The minimum absolute atomic E-state index is 0.294. The summed E-state index contributed by atoms with van der Waals surface area (Å²) < 4.78 is 0. The van der Waals surface area contributed by atoms with Crippen LogP contribution in [0.25, 0.3) is 0 Å². The Bertz CT molecular complexity index is 624. The largest absolute Gasteiger partial charge is 0.326 e. The summed E-state index contributed by atoms with van der Waals surface area (Å²) in [6, 6.07) is 2.54. The fourth-order valence-electron chi connectivity index (χ4n) is 6.37. The second-order valence-electron chi connectivity index (χ2n) is 13.5. The summed E-state index contributed by atoms with van der Waals surface area (Å²) >= 11 is 0. The van der Waals surface area contributed by atoms with Crippen molar-refractivity contribution in [2.45, 2.75) is 151 Å². The molecule has 0 aromatic carbocycles. The molecule has 3 nitrogen and oxygen atoms in total. The molecule has 3 heteroatoms. The van der Waals surface area contributed by atoms with Crippen LogP contribution < -0.4 is 16.4 Å². The van der Waals surface area contributed by atoms with Gasteiger partial charge in [0.25, 0.3) is 0 Å². The zero-order chi connectivity index (χ0) is 25.6. The smallest absolute Gasteiger partial charge is 0.0235 e. The molecule has 1 fully saturated rings. The van der Waals surface area contributed by atoms with E-state index in [4.69, 9.17) is 5.73 Å². The lowest BCUT2D eigenvalue weighted by Crippen LogP contribution is -2.43. The molecule has 0 bridgehead atoms. The molecule has 1 aliphatic carbocycles. The number of allylic oxidation sites excluding steroid dienone is 2. The van der Waals surface area contributed by atoms with Gasteiger partial charge in [0.15, 0.2) is 0 Å². The van der Waals surface area contributed by atoms with Crippen LogP contribution in [0.3, 0.4) is 0 Å².